The zero-order valence-corrected chi connectivity index (χ0v) is 9.88. The number of nitrogens with zero attached hydrogens (tertiary/aromatic N) is 1. The molecule has 0 aliphatic carbocycles. The van der Waals surface area contributed by atoms with Gasteiger partial charge in [-0.25, -0.2) is 0 Å². The lowest BCUT2D eigenvalue weighted by molar-refractivity contribution is -0.143. The van der Waals surface area contributed by atoms with Crippen molar-refractivity contribution in [3.05, 3.63) is 0 Å². The molecule has 0 unspecified atom stereocenters. The van der Waals surface area contributed by atoms with Gasteiger partial charge in [0.15, 0.2) is 0 Å². The maximum atomic E-state index is 11.1. The highest BCUT2D eigenvalue weighted by Gasteiger charge is 2.10. The second-order valence-corrected chi connectivity index (χ2v) is 3.68. The summed E-state index contributed by atoms with van der Waals surface area (Å²) in [4.78, 5) is 13.4. The summed E-state index contributed by atoms with van der Waals surface area (Å²) in [7, 11) is 0. The van der Waals surface area contributed by atoms with Crippen LogP contribution in [0.2, 0.25) is 0 Å². The van der Waals surface area contributed by atoms with Gasteiger partial charge in [0.2, 0.25) is 0 Å². The highest BCUT2D eigenvalue weighted by atomic mass is 16.5. The van der Waals surface area contributed by atoms with Crippen LogP contribution in [-0.2, 0) is 9.53 Å². The molecule has 84 valence electrons. The zero-order valence-electron chi connectivity index (χ0n) is 9.88. The van der Waals surface area contributed by atoms with Crippen molar-refractivity contribution in [2.45, 2.75) is 46.6 Å². The number of ether oxygens (including phenoxy) is 1. The Hall–Kier alpha value is -0.570. The van der Waals surface area contributed by atoms with Gasteiger partial charge in [0.1, 0.15) is 0 Å². The summed E-state index contributed by atoms with van der Waals surface area (Å²) in [5.41, 5.74) is 0. The van der Waals surface area contributed by atoms with E-state index in [-0.39, 0.29) is 5.97 Å². The van der Waals surface area contributed by atoms with Crippen LogP contribution in [-0.4, -0.2) is 36.6 Å². The fraction of sp³-hybridized carbons (Fsp3) is 0.909. The Morgan fingerprint density at radius 2 is 1.93 bits per heavy atom. The third kappa shape index (κ3) is 5.97. The molecule has 14 heavy (non-hydrogen) atoms. The first kappa shape index (κ1) is 13.4. The summed E-state index contributed by atoms with van der Waals surface area (Å²) in [5, 5.41) is 0. The number of rotatable bonds is 7. The molecule has 0 N–H and O–H groups in total. The van der Waals surface area contributed by atoms with E-state index >= 15 is 0 Å². The Bertz CT molecular complexity index is 157. The summed E-state index contributed by atoms with van der Waals surface area (Å²) >= 11 is 0. The molecular formula is C11H23NO2. The maximum absolute atomic E-state index is 11.1. The van der Waals surface area contributed by atoms with Crippen molar-refractivity contribution in [2.24, 2.45) is 0 Å². The molecule has 0 aromatic heterocycles. The fourth-order valence-corrected chi connectivity index (χ4v) is 1.38. The molecule has 0 fully saturated rings. The maximum Gasteiger partial charge on any atom is 0.307 e. The Labute approximate surface area is 87.4 Å². The first-order valence-electron chi connectivity index (χ1n) is 5.51. The molecule has 3 nitrogen and oxygen atoms in total. The number of carbonyl (C=O) groups excluding carboxylic acids is 1. The van der Waals surface area contributed by atoms with E-state index in [1.54, 1.807) is 0 Å². The Morgan fingerprint density at radius 3 is 2.36 bits per heavy atom. The van der Waals surface area contributed by atoms with Crippen LogP contribution in [0.4, 0.5) is 0 Å². The second kappa shape index (κ2) is 7.80. The normalized spacial score (nSPS) is 11.0. The van der Waals surface area contributed by atoms with Gasteiger partial charge in [-0.15, -0.1) is 0 Å². The molecule has 0 rings (SSSR count). The van der Waals surface area contributed by atoms with Crippen LogP contribution in [0.1, 0.15) is 40.5 Å². The van der Waals surface area contributed by atoms with Crippen molar-refractivity contribution in [1.82, 2.24) is 4.90 Å². The van der Waals surface area contributed by atoms with Gasteiger partial charge in [-0.2, -0.15) is 0 Å². The van der Waals surface area contributed by atoms with Gasteiger partial charge in [-0.3, -0.25) is 4.79 Å². The van der Waals surface area contributed by atoms with E-state index in [2.05, 4.69) is 25.7 Å². The molecule has 0 atom stereocenters. The van der Waals surface area contributed by atoms with Crippen LogP contribution in [0.15, 0.2) is 0 Å². The number of hydrogen-bond acceptors (Lipinski definition) is 3. The zero-order chi connectivity index (χ0) is 11.0. The molecule has 0 spiro atoms. The van der Waals surface area contributed by atoms with E-state index in [1.807, 2.05) is 6.92 Å². The van der Waals surface area contributed by atoms with Crippen LogP contribution >= 0.6 is 0 Å². The molecule has 0 saturated carbocycles. The van der Waals surface area contributed by atoms with E-state index in [0.29, 0.717) is 19.1 Å². The van der Waals surface area contributed by atoms with Gasteiger partial charge >= 0.3 is 5.97 Å². The Kier molecular flexibility index (Phi) is 7.48. The molecule has 0 aliphatic rings. The SMILES string of the molecule is CCCN(CCC(=O)OCC)C(C)C. The van der Waals surface area contributed by atoms with Crippen molar-refractivity contribution in [2.75, 3.05) is 19.7 Å². The standard InChI is InChI=1S/C11H23NO2/c1-5-8-12(10(3)4)9-7-11(13)14-6-2/h10H,5-9H2,1-4H3. The lowest BCUT2D eigenvalue weighted by Crippen LogP contribution is -2.33. The van der Waals surface area contributed by atoms with Crippen molar-refractivity contribution in [3.63, 3.8) is 0 Å². The summed E-state index contributed by atoms with van der Waals surface area (Å²) in [5.74, 6) is -0.0887. The van der Waals surface area contributed by atoms with Crippen LogP contribution in [0.25, 0.3) is 0 Å². The molecule has 0 heterocycles. The lowest BCUT2D eigenvalue weighted by atomic mass is 10.2. The average Bonchev–Trinajstić information content (AvgIpc) is 2.12. The Balaban J connectivity index is 3.75. The molecule has 0 aliphatic heterocycles. The van der Waals surface area contributed by atoms with Crippen molar-refractivity contribution >= 4 is 5.97 Å². The quantitative estimate of drug-likeness (QED) is 0.590. The van der Waals surface area contributed by atoms with E-state index in [4.69, 9.17) is 4.74 Å². The predicted molar refractivity (Wildman–Crippen MR) is 58.3 cm³/mol. The first-order valence-corrected chi connectivity index (χ1v) is 5.51. The molecule has 0 amide bonds. The fourth-order valence-electron chi connectivity index (χ4n) is 1.38. The molecule has 0 radical (unpaired) electrons. The summed E-state index contributed by atoms with van der Waals surface area (Å²) in [6.07, 6.45) is 1.63. The molecular weight excluding hydrogens is 178 g/mol. The second-order valence-electron chi connectivity index (χ2n) is 3.68. The average molecular weight is 201 g/mol. The van der Waals surface area contributed by atoms with Crippen molar-refractivity contribution < 1.29 is 9.53 Å². The van der Waals surface area contributed by atoms with Gasteiger partial charge in [0, 0.05) is 12.6 Å². The van der Waals surface area contributed by atoms with Crippen molar-refractivity contribution in [3.8, 4) is 0 Å². The van der Waals surface area contributed by atoms with Gasteiger partial charge in [-0.1, -0.05) is 6.92 Å². The third-order valence-electron chi connectivity index (χ3n) is 2.15. The number of esters is 1. The van der Waals surface area contributed by atoms with Crippen LogP contribution < -0.4 is 0 Å². The summed E-state index contributed by atoms with van der Waals surface area (Å²) < 4.78 is 4.88. The van der Waals surface area contributed by atoms with Gasteiger partial charge < -0.3 is 9.64 Å². The number of hydrogen-bond donors (Lipinski definition) is 0. The minimum atomic E-state index is -0.0887. The van der Waals surface area contributed by atoms with Gasteiger partial charge in [0.05, 0.1) is 13.0 Å². The largest absolute Gasteiger partial charge is 0.466 e. The molecule has 0 bridgehead atoms. The minimum Gasteiger partial charge on any atom is -0.466 e. The van der Waals surface area contributed by atoms with E-state index in [0.717, 1.165) is 19.5 Å². The summed E-state index contributed by atoms with van der Waals surface area (Å²) in [6.45, 7) is 10.6. The van der Waals surface area contributed by atoms with Gasteiger partial charge in [-0.05, 0) is 33.7 Å². The molecule has 0 aromatic carbocycles. The monoisotopic (exact) mass is 201 g/mol. The van der Waals surface area contributed by atoms with E-state index in [9.17, 15) is 4.79 Å². The minimum absolute atomic E-state index is 0.0887. The summed E-state index contributed by atoms with van der Waals surface area (Å²) in [6, 6.07) is 0.504. The first-order chi connectivity index (χ1) is 6.61. The molecule has 3 heteroatoms. The molecule has 0 aromatic rings. The topological polar surface area (TPSA) is 29.5 Å². The van der Waals surface area contributed by atoms with Crippen LogP contribution in [0.5, 0.6) is 0 Å². The molecule has 0 saturated heterocycles. The number of carbonyl (C=O) groups is 1. The highest BCUT2D eigenvalue weighted by Crippen LogP contribution is 2.01. The van der Waals surface area contributed by atoms with E-state index < -0.39 is 0 Å². The van der Waals surface area contributed by atoms with Gasteiger partial charge in [0.25, 0.3) is 0 Å². The highest BCUT2D eigenvalue weighted by molar-refractivity contribution is 5.69. The smallest absolute Gasteiger partial charge is 0.307 e. The lowest BCUT2D eigenvalue weighted by Gasteiger charge is -2.25. The predicted octanol–water partition coefficient (Wildman–Crippen LogP) is 2.06. The van der Waals surface area contributed by atoms with Crippen LogP contribution in [0.3, 0.4) is 0 Å². The van der Waals surface area contributed by atoms with E-state index in [1.165, 1.54) is 0 Å². The third-order valence-corrected chi connectivity index (χ3v) is 2.15. The van der Waals surface area contributed by atoms with Crippen LogP contribution in [0, 0.1) is 0 Å². The Morgan fingerprint density at radius 1 is 1.29 bits per heavy atom. The van der Waals surface area contributed by atoms with Crippen molar-refractivity contribution in [1.29, 1.82) is 0 Å².